The number of rotatable bonds is 6. The van der Waals surface area contributed by atoms with Gasteiger partial charge < -0.3 is 24.5 Å². The molecule has 3 aromatic heterocycles. The number of anilines is 3. The van der Waals surface area contributed by atoms with Crippen LogP contribution in [0.15, 0.2) is 36.5 Å². The van der Waals surface area contributed by atoms with E-state index in [1.807, 2.05) is 54.1 Å². The standard InChI is InChI=1S/C33H34FN7O3S/c1-20-3-5-21(6-4-20)27-26(14-35)45-31(36-27)38(2)29-25-13-24(23(34)15-41(25)37-28(29)22-7-8-22)39-16-32(17-39)18-40(19-32)30(42)33(43)9-11-44-12-10-33/h3-6,13,15,22,43H,7-12,16-19H2,1-2H3. The van der Waals surface area contributed by atoms with Crippen LogP contribution in [0.2, 0.25) is 0 Å². The molecule has 1 amide bonds. The molecule has 0 atom stereocenters. The molecular weight excluding hydrogens is 593 g/mol. The molecule has 6 heterocycles. The minimum Gasteiger partial charge on any atom is -0.381 e. The fourth-order valence-corrected chi connectivity index (χ4v) is 7.92. The molecule has 4 aromatic rings. The highest BCUT2D eigenvalue weighted by molar-refractivity contribution is 7.16. The van der Waals surface area contributed by atoms with Gasteiger partial charge in [0.25, 0.3) is 5.91 Å². The Balaban J connectivity index is 1.07. The van der Waals surface area contributed by atoms with Crippen LogP contribution < -0.4 is 9.80 Å². The number of halogens is 1. The van der Waals surface area contributed by atoms with Gasteiger partial charge in [-0.05, 0) is 25.8 Å². The van der Waals surface area contributed by atoms with Gasteiger partial charge in [0.2, 0.25) is 0 Å². The predicted octanol–water partition coefficient (Wildman–Crippen LogP) is 4.61. The summed E-state index contributed by atoms with van der Waals surface area (Å²) in [7, 11) is 1.94. The van der Waals surface area contributed by atoms with Crippen LogP contribution in [0.25, 0.3) is 16.8 Å². The second-order valence-electron chi connectivity index (χ2n) is 13.2. The lowest BCUT2D eigenvalue weighted by Gasteiger charge is -2.61. The highest BCUT2D eigenvalue weighted by Gasteiger charge is 2.56. The van der Waals surface area contributed by atoms with Crippen molar-refractivity contribution in [1.82, 2.24) is 19.5 Å². The molecule has 3 aliphatic heterocycles. The number of likely N-dealkylation sites (tertiary alicyclic amines) is 1. The number of carbonyl (C=O) groups excluding carboxylic acids is 1. The highest BCUT2D eigenvalue weighted by atomic mass is 32.1. The molecule has 4 aliphatic rings. The summed E-state index contributed by atoms with van der Waals surface area (Å²) < 4.78 is 22.5. The monoisotopic (exact) mass is 627 g/mol. The first-order valence-electron chi connectivity index (χ1n) is 15.4. The molecule has 232 valence electrons. The molecule has 1 aromatic carbocycles. The molecular formula is C33H34FN7O3S. The maximum Gasteiger partial charge on any atom is 0.254 e. The summed E-state index contributed by atoms with van der Waals surface area (Å²) in [5.74, 6) is -0.255. The van der Waals surface area contributed by atoms with E-state index in [2.05, 4.69) is 6.07 Å². The molecule has 4 fully saturated rings. The van der Waals surface area contributed by atoms with E-state index >= 15 is 4.39 Å². The van der Waals surface area contributed by atoms with Crippen molar-refractivity contribution in [3.05, 3.63) is 58.5 Å². The van der Waals surface area contributed by atoms with Crippen molar-refractivity contribution in [3.8, 4) is 17.3 Å². The van der Waals surface area contributed by atoms with Gasteiger partial charge in [-0.2, -0.15) is 10.4 Å². The molecule has 8 rings (SSSR count). The van der Waals surface area contributed by atoms with Gasteiger partial charge in [-0.25, -0.2) is 13.9 Å². The lowest BCUT2D eigenvalue weighted by Crippen LogP contribution is -2.75. The smallest absolute Gasteiger partial charge is 0.254 e. The summed E-state index contributed by atoms with van der Waals surface area (Å²) in [6, 6.07) is 12.2. The number of thiazole rings is 1. The van der Waals surface area contributed by atoms with Crippen LogP contribution in [0.4, 0.5) is 20.9 Å². The highest BCUT2D eigenvalue weighted by Crippen LogP contribution is 2.49. The number of fused-ring (bicyclic) bond motifs is 1. The van der Waals surface area contributed by atoms with Gasteiger partial charge in [0.05, 0.1) is 28.8 Å². The second kappa shape index (κ2) is 10.2. The Kier molecular flexibility index (Phi) is 6.47. The zero-order chi connectivity index (χ0) is 31.1. The number of carbonyl (C=O) groups is 1. The first-order valence-corrected chi connectivity index (χ1v) is 16.3. The Morgan fingerprint density at radius 1 is 1.18 bits per heavy atom. The fourth-order valence-electron chi connectivity index (χ4n) is 7.07. The zero-order valence-electron chi connectivity index (χ0n) is 25.3. The number of pyridine rings is 1. The third-order valence-electron chi connectivity index (χ3n) is 9.78. The maximum atomic E-state index is 15.6. The van der Waals surface area contributed by atoms with Gasteiger partial charge in [0.15, 0.2) is 10.9 Å². The lowest BCUT2D eigenvalue weighted by atomic mass is 9.71. The van der Waals surface area contributed by atoms with E-state index in [0.29, 0.717) is 79.5 Å². The molecule has 1 spiro atoms. The van der Waals surface area contributed by atoms with Crippen LogP contribution in [-0.4, -0.2) is 82.6 Å². The van der Waals surface area contributed by atoms with Crippen molar-refractivity contribution < 1.29 is 19.0 Å². The summed E-state index contributed by atoms with van der Waals surface area (Å²) >= 11 is 1.34. The fraction of sp³-hybridized carbons (Fsp3) is 0.455. The van der Waals surface area contributed by atoms with Crippen LogP contribution in [0.3, 0.4) is 0 Å². The lowest BCUT2D eigenvalue weighted by molar-refractivity contribution is -0.174. The van der Waals surface area contributed by atoms with Crippen molar-refractivity contribution in [2.24, 2.45) is 5.41 Å². The summed E-state index contributed by atoms with van der Waals surface area (Å²) in [5, 5.41) is 26.3. The Bertz CT molecular complexity index is 1860. The molecule has 1 N–H and O–H groups in total. The quantitative estimate of drug-likeness (QED) is 0.330. The number of hydrogen-bond donors (Lipinski definition) is 1. The molecule has 0 bridgehead atoms. The largest absolute Gasteiger partial charge is 0.381 e. The van der Waals surface area contributed by atoms with Crippen LogP contribution >= 0.6 is 11.3 Å². The van der Waals surface area contributed by atoms with Crippen LogP contribution in [0, 0.1) is 29.5 Å². The molecule has 12 heteroatoms. The van der Waals surface area contributed by atoms with Gasteiger partial charge in [-0.3, -0.25) is 4.79 Å². The van der Waals surface area contributed by atoms with E-state index in [-0.39, 0.29) is 17.1 Å². The number of amides is 1. The summed E-state index contributed by atoms with van der Waals surface area (Å²) in [6.45, 7) is 5.21. The Morgan fingerprint density at radius 2 is 1.89 bits per heavy atom. The predicted molar refractivity (Wildman–Crippen MR) is 168 cm³/mol. The molecule has 0 radical (unpaired) electrons. The Hall–Kier alpha value is -4.05. The minimum absolute atomic E-state index is 0.0875. The number of aromatic nitrogens is 3. The van der Waals surface area contributed by atoms with Crippen LogP contribution in [0.1, 0.15) is 47.7 Å². The van der Waals surface area contributed by atoms with E-state index in [0.717, 1.165) is 40.9 Å². The number of benzene rings is 1. The number of ether oxygens (including phenoxy) is 1. The molecule has 10 nitrogen and oxygen atoms in total. The van der Waals surface area contributed by atoms with E-state index in [1.54, 1.807) is 9.42 Å². The van der Waals surface area contributed by atoms with Crippen molar-refractivity contribution in [2.75, 3.05) is 56.2 Å². The Morgan fingerprint density at radius 3 is 2.56 bits per heavy atom. The number of nitrogens with zero attached hydrogens (tertiary/aromatic N) is 7. The topological polar surface area (TPSA) is 110 Å². The third-order valence-corrected chi connectivity index (χ3v) is 10.8. The summed E-state index contributed by atoms with van der Waals surface area (Å²) in [6.07, 6.45) is 4.16. The van der Waals surface area contributed by atoms with E-state index < -0.39 is 5.60 Å². The van der Waals surface area contributed by atoms with Crippen molar-refractivity contribution in [2.45, 2.75) is 44.1 Å². The van der Waals surface area contributed by atoms with Gasteiger partial charge >= 0.3 is 0 Å². The summed E-state index contributed by atoms with van der Waals surface area (Å²) in [4.78, 5) is 24.2. The Labute approximate surface area is 264 Å². The molecule has 1 aliphatic carbocycles. The van der Waals surface area contributed by atoms with Gasteiger partial charge in [0.1, 0.15) is 22.2 Å². The SMILES string of the molecule is Cc1ccc(-c2nc(N(C)c3c(C4CC4)nn4cc(F)c(N5CC6(CN(C(=O)C7(O)CCOCC7)C6)C5)cc34)sc2C#N)cc1. The third kappa shape index (κ3) is 4.67. The molecule has 1 saturated carbocycles. The minimum atomic E-state index is -1.34. The number of nitriles is 1. The maximum absolute atomic E-state index is 15.6. The van der Waals surface area contributed by atoms with E-state index in [9.17, 15) is 15.2 Å². The van der Waals surface area contributed by atoms with E-state index in [1.165, 1.54) is 17.5 Å². The van der Waals surface area contributed by atoms with Gasteiger partial charge in [0, 0.05) is 76.2 Å². The molecule has 3 saturated heterocycles. The first-order chi connectivity index (χ1) is 21.7. The normalized spacial score (nSPS) is 20.2. The van der Waals surface area contributed by atoms with Crippen LogP contribution in [0.5, 0.6) is 0 Å². The van der Waals surface area contributed by atoms with Gasteiger partial charge in [-0.1, -0.05) is 41.2 Å². The number of aryl methyl sites for hydroxylation is 1. The van der Waals surface area contributed by atoms with Crippen LogP contribution in [-0.2, 0) is 9.53 Å². The van der Waals surface area contributed by atoms with Crippen molar-refractivity contribution in [1.29, 1.82) is 5.26 Å². The number of aliphatic hydroxyl groups is 1. The molecule has 45 heavy (non-hydrogen) atoms. The average molecular weight is 628 g/mol. The van der Waals surface area contributed by atoms with Gasteiger partial charge in [-0.15, -0.1) is 0 Å². The zero-order valence-corrected chi connectivity index (χ0v) is 26.1. The first kappa shape index (κ1) is 28.4. The summed E-state index contributed by atoms with van der Waals surface area (Å²) in [5.41, 5.74) is 4.36. The van der Waals surface area contributed by atoms with E-state index in [4.69, 9.17) is 14.8 Å². The number of hydrogen-bond acceptors (Lipinski definition) is 9. The average Bonchev–Trinajstić information content (AvgIpc) is 3.64. The second-order valence-corrected chi connectivity index (χ2v) is 14.2. The van der Waals surface area contributed by atoms with Crippen molar-refractivity contribution in [3.63, 3.8) is 0 Å². The van der Waals surface area contributed by atoms with Crippen molar-refractivity contribution >= 4 is 39.3 Å². The molecule has 0 unspecified atom stereocenters.